The minimum absolute atomic E-state index is 0.0461. The van der Waals surface area contributed by atoms with Crippen LogP contribution >= 0.6 is 11.3 Å². The standard InChI is InChI=1S/C14H16N2OS/c1-10-4-5-13(12(9-10)14(15)16)17-7-6-11-3-2-8-18-11/h2-5,8-9H,6-7H2,1H3,(H3,15,16). The fourth-order valence-electron chi connectivity index (χ4n) is 1.70. The van der Waals surface area contributed by atoms with Gasteiger partial charge in [-0.15, -0.1) is 11.3 Å². The highest BCUT2D eigenvalue weighted by atomic mass is 32.1. The van der Waals surface area contributed by atoms with E-state index in [1.165, 1.54) is 4.88 Å². The van der Waals surface area contributed by atoms with Crippen molar-refractivity contribution in [1.82, 2.24) is 0 Å². The Morgan fingerprint density at radius 1 is 1.39 bits per heavy atom. The van der Waals surface area contributed by atoms with Crippen molar-refractivity contribution in [3.63, 3.8) is 0 Å². The smallest absolute Gasteiger partial charge is 0.130 e. The first-order valence-electron chi connectivity index (χ1n) is 5.77. The zero-order valence-corrected chi connectivity index (χ0v) is 11.1. The Balaban J connectivity index is 2.02. The minimum Gasteiger partial charge on any atom is -0.492 e. The lowest BCUT2D eigenvalue weighted by atomic mass is 10.1. The third-order valence-corrected chi connectivity index (χ3v) is 3.55. The molecule has 0 amide bonds. The summed E-state index contributed by atoms with van der Waals surface area (Å²) < 4.78 is 5.71. The predicted octanol–water partition coefficient (Wildman–Crippen LogP) is 2.96. The SMILES string of the molecule is Cc1ccc(OCCc2cccs2)c(C(=N)N)c1. The van der Waals surface area contributed by atoms with Gasteiger partial charge in [-0.05, 0) is 30.5 Å². The number of amidine groups is 1. The molecule has 0 saturated heterocycles. The average molecular weight is 260 g/mol. The molecule has 0 radical (unpaired) electrons. The molecule has 1 aromatic heterocycles. The van der Waals surface area contributed by atoms with Crippen molar-refractivity contribution in [3.8, 4) is 5.75 Å². The van der Waals surface area contributed by atoms with Gasteiger partial charge in [0.25, 0.3) is 0 Å². The van der Waals surface area contributed by atoms with Crippen LogP contribution in [-0.2, 0) is 6.42 Å². The second-order valence-electron chi connectivity index (χ2n) is 4.09. The largest absolute Gasteiger partial charge is 0.492 e. The van der Waals surface area contributed by atoms with E-state index in [1.54, 1.807) is 11.3 Å². The van der Waals surface area contributed by atoms with Gasteiger partial charge in [-0.3, -0.25) is 5.41 Å². The van der Waals surface area contributed by atoms with E-state index in [-0.39, 0.29) is 5.84 Å². The Bertz CT molecular complexity index is 535. The van der Waals surface area contributed by atoms with Gasteiger partial charge in [0, 0.05) is 11.3 Å². The Kier molecular flexibility index (Phi) is 3.99. The molecular weight excluding hydrogens is 244 g/mol. The van der Waals surface area contributed by atoms with E-state index >= 15 is 0 Å². The fraction of sp³-hybridized carbons (Fsp3) is 0.214. The molecule has 0 bridgehead atoms. The first-order valence-corrected chi connectivity index (χ1v) is 6.65. The van der Waals surface area contributed by atoms with Crippen LogP contribution in [0.5, 0.6) is 5.75 Å². The summed E-state index contributed by atoms with van der Waals surface area (Å²) in [5, 5.41) is 9.61. The molecule has 0 spiro atoms. The number of rotatable bonds is 5. The van der Waals surface area contributed by atoms with Crippen LogP contribution in [0.3, 0.4) is 0 Å². The summed E-state index contributed by atoms with van der Waals surface area (Å²) in [5.74, 6) is 0.731. The molecule has 0 aliphatic heterocycles. The van der Waals surface area contributed by atoms with Crippen molar-refractivity contribution in [3.05, 3.63) is 51.7 Å². The van der Waals surface area contributed by atoms with Gasteiger partial charge in [0.15, 0.2) is 0 Å². The van der Waals surface area contributed by atoms with Crippen molar-refractivity contribution in [2.75, 3.05) is 6.61 Å². The molecule has 0 fully saturated rings. The first kappa shape index (κ1) is 12.6. The molecule has 3 nitrogen and oxygen atoms in total. The second kappa shape index (κ2) is 5.69. The number of hydrogen-bond acceptors (Lipinski definition) is 3. The van der Waals surface area contributed by atoms with Crippen LogP contribution in [-0.4, -0.2) is 12.4 Å². The maximum absolute atomic E-state index is 7.55. The molecule has 0 unspecified atom stereocenters. The predicted molar refractivity (Wildman–Crippen MR) is 75.7 cm³/mol. The normalized spacial score (nSPS) is 10.3. The fourth-order valence-corrected chi connectivity index (χ4v) is 2.39. The molecule has 2 aromatic rings. The summed E-state index contributed by atoms with van der Waals surface area (Å²) in [6.45, 7) is 2.58. The Labute approximate surface area is 111 Å². The van der Waals surface area contributed by atoms with Crippen LogP contribution in [0.25, 0.3) is 0 Å². The van der Waals surface area contributed by atoms with Gasteiger partial charge in [0.2, 0.25) is 0 Å². The number of nitrogens with one attached hydrogen (secondary N) is 1. The number of nitrogen functional groups attached to an aromatic ring is 1. The molecule has 0 aliphatic carbocycles. The molecule has 0 saturated carbocycles. The summed E-state index contributed by atoms with van der Waals surface area (Å²) in [4.78, 5) is 1.30. The van der Waals surface area contributed by atoms with Gasteiger partial charge < -0.3 is 10.5 Å². The number of ether oxygens (including phenoxy) is 1. The lowest BCUT2D eigenvalue weighted by Gasteiger charge is -2.11. The van der Waals surface area contributed by atoms with Crippen LogP contribution in [0, 0.1) is 12.3 Å². The molecule has 0 atom stereocenters. The van der Waals surface area contributed by atoms with Crippen molar-refractivity contribution >= 4 is 17.2 Å². The van der Waals surface area contributed by atoms with E-state index in [9.17, 15) is 0 Å². The van der Waals surface area contributed by atoms with E-state index in [0.717, 1.165) is 12.0 Å². The highest BCUT2D eigenvalue weighted by molar-refractivity contribution is 7.09. The van der Waals surface area contributed by atoms with E-state index in [0.29, 0.717) is 17.9 Å². The van der Waals surface area contributed by atoms with Gasteiger partial charge in [-0.25, -0.2) is 0 Å². The van der Waals surface area contributed by atoms with Gasteiger partial charge in [-0.2, -0.15) is 0 Å². The Morgan fingerprint density at radius 2 is 2.22 bits per heavy atom. The van der Waals surface area contributed by atoms with Gasteiger partial charge in [0.05, 0.1) is 12.2 Å². The zero-order chi connectivity index (χ0) is 13.0. The Hall–Kier alpha value is -1.81. The van der Waals surface area contributed by atoms with Gasteiger partial charge >= 0.3 is 0 Å². The number of aryl methyl sites for hydroxylation is 1. The van der Waals surface area contributed by atoms with Crippen LogP contribution in [0.1, 0.15) is 16.0 Å². The lowest BCUT2D eigenvalue weighted by Crippen LogP contribution is -2.14. The third-order valence-electron chi connectivity index (χ3n) is 2.61. The lowest BCUT2D eigenvalue weighted by molar-refractivity contribution is 0.322. The van der Waals surface area contributed by atoms with E-state index in [2.05, 4.69) is 11.4 Å². The van der Waals surface area contributed by atoms with E-state index < -0.39 is 0 Å². The topological polar surface area (TPSA) is 59.1 Å². The quantitative estimate of drug-likeness (QED) is 0.641. The summed E-state index contributed by atoms with van der Waals surface area (Å²) in [6.07, 6.45) is 0.878. The molecule has 3 N–H and O–H groups in total. The molecule has 1 heterocycles. The number of benzene rings is 1. The Morgan fingerprint density at radius 3 is 2.89 bits per heavy atom. The first-order chi connectivity index (χ1) is 8.66. The maximum atomic E-state index is 7.55. The molecule has 0 aliphatic rings. The molecule has 1 aromatic carbocycles. The van der Waals surface area contributed by atoms with E-state index in [1.807, 2.05) is 31.2 Å². The van der Waals surface area contributed by atoms with Crippen molar-refractivity contribution in [2.45, 2.75) is 13.3 Å². The summed E-state index contributed by atoms with van der Waals surface area (Å²) in [5.41, 5.74) is 7.30. The molecule has 94 valence electrons. The summed E-state index contributed by atoms with van der Waals surface area (Å²) in [7, 11) is 0. The highest BCUT2D eigenvalue weighted by Gasteiger charge is 2.07. The van der Waals surface area contributed by atoms with Crippen LogP contribution < -0.4 is 10.5 Å². The average Bonchev–Trinajstić information content (AvgIpc) is 2.84. The van der Waals surface area contributed by atoms with E-state index in [4.69, 9.17) is 15.9 Å². The van der Waals surface area contributed by atoms with Crippen LogP contribution in [0.2, 0.25) is 0 Å². The third kappa shape index (κ3) is 3.11. The zero-order valence-electron chi connectivity index (χ0n) is 10.3. The van der Waals surface area contributed by atoms with Crippen LogP contribution in [0.15, 0.2) is 35.7 Å². The summed E-state index contributed by atoms with van der Waals surface area (Å²) in [6, 6.07) is 9.85. The van der Waals surface area contributed by atoms with Gasteiger partial charge in [0.1, 0.15) is 11.6 Å². The molecule has 2 rings (SSSR count). The maximum Gasteiger partial charge on any atom is 0.130 e. The van der Waals surface area contributed by atoms with Crippen LogP contribution in [0.4, 0.5) is 0 Å². The number of thiophene rings is 1. The second-order valence-corrected chi connectivity index (χ2v) is 5.12. The molecule has 4 heteroatoms. The highest BCUT2D eigenvalue weighted by Crippen LogP contribution is 2.20. The van der Waals surface area contributed by atoms with Crippen molar-refractivity contribution in [1.29, 1.82) is 5.41 Å². The van der Waals surface area contributed by atoms with Gasteiger partial charge in [-0.1, -0.05) is 17.7 Å². The molecule has 18 heavy (non-hydrogen) atoms. The number of hydrogen-bond donors (Lipinski definition) is 2. The minimum atomic E-state index is 0.0461. The van der Waals surface area contributed by atoms with Crippen molar-refractivity contribution in [2.24, 2.45) is 5.73 Å². The summed E-state index contributed by atoms with van der Waals surface area (Å²) >= 11 is 1.72. The van der Waals surface area contributed by atoms with Crippen molar-refractivity contribution < 1.29 is 4.74 Å². The molecular formula is C14H16N2OS. The number of nitrogens with two attached hydrogens (primary N) is 1. The monoisotopic (exact) mass is 260 g/mol.